The quantitative estimate of drug-likeness (QED) is 0.379. The van der Waals surface area contributed by atoms with Crippen LogP contribution in [-0.4, -0.2) is 52.1 Å². The van der Waals surface area contributed by atoms with Gasteiger partial charge in [0.05, 0.1) is 13.2 Å². The number of nitrogens with zero attached hydrogens (tertiary/aromatic N) is 2. The molecule has 2 heterocycles. The van der Waals surface area contributed by atoms with Crippen LogP contribution in [0.25, 0.3) is 0 Å². The van der Waals surface area contributed by atoms with E-state index in [0.717, 1.165) is 30.9 Å². The van der Waals surface area contributed by atoms with Crippen molar-refractivity contribution in [2.24, 2.45) is 0 Å². The minimum absolute atomic E-state index is 0.0277. The van der Waals surface area contributed by atoms with E-state index in [2.05, 4.69) is 10.2 Å². The van der Waals surface area contributed by atoms with Crippen molar-refractivity contribution in [1.29, 1.82) is 0 Å². The summed E-state index contributed by atoms with van der Waals surface area (Å²) in [4.78, 5) is 14.7. The Labute approximate surface area is 171 Å². The Hall–Kier alpha value is -2.94. The Morgan fingerprint density at radius 3 is 2.62 bits per heavy atom. The number of rotatable bonds is 9. The molecule has 0 bridgehead atoms. The van der Waals surface area contributed by atoms with Crippen molar-refractivity contribution in [2.75, 3.05) is 33.3 Å². The van der Waals surface area contributed by atoms with Gasteiger partial charge in [-0.05, 0) is 43.6 Å². The fraction of sp³-hybridized carbons (Fsp3) is 0.400. The Morgan fingerprint density at radius 1 is 1.24 bits per heavy atom. The normalized spacial score (nSPS) is 13.8. The molecule has 0 saturated carbocycles. The zero-order chi connectivity index (χ0) is 20.6. The highest BCUT2D eigenvalue weighted by Gasteiger charge is 2.21. The minimum atomic E-state index is -0.431. The average molecular weight is 399 g/mol. The van der Waals surface area contributed by atoms with Crippen LogP contribution in [0, 0.1) is 5.21 Å². The maximum Gasteiger partial charge on any atom is 0.322 e. The first-order chi connectivity index (χ1) is 14.1. The molecule has 9 heteroatoms. The van der Waals surface area contributed by atoms with Gasteiger partial charge in [0, 0.05) is 13.1 Å². The smallest absolute Gasteiger partial charge is 0.322 e. The van der Waals surface area contributed by atoms with Crippen LogP contribution in [0.4, 0.5) is 0 Å². The van der Waals surface area contributed by atoms with E-state index in [1.807, 2.05) is 24.3 Å². The third-order valence-electron chi connectivity index (χ3n) is 4.90. The van der Waals surface area contributed by atoms with Crippen molar-refractivity contribution in [2.45, 2.75) is 19.4 Å². The first kappa shape index (κ1) is 20.8. The van der Waals surface area contributed by atoms with Gasteiger partial charge in [-0.25, -0.2) is 0 Å². The number of methoxy groups -OCH3 is 1. The van der Waals surface area contributed by atoms with E-state index in [4.69, 9.17) is 14.1 Å². The minimum Gasteiger partial charge on any atom is -0.618 e. The number of likely N-dealkylation sites (tertiary alicyclic amines) is 1. The summed E-state index contributed by atoms with van der Waals surface area (Å²) in [5.74, 6) is 0.922. The van der Waals surface area contributed by atoms with Crippen molar-refractivity contribution in [3.8, 4) is 17.2 Å². The van der Waals surface area contributed by atoms with Crippen LogP contribution in [0.2, 0.25) is 0 Å². The van der Waals surface area contributed by atoms with Gasteiger partial charge in [-0.15, -0.1) is 0 Å². The summed E-state index contributed by atoms with van der Waals surface area (Å²) in [6, 6.07) is 8.82. The van der Waals surface area contributed by atoms with Crippen molar-refractivity contribution in [3.63, 3.8) is 0 Å². The monoisotopic (exact) mass is 399 g/mol. The van der Waals surface area contributed by atoms with Gasteiger partial charge in [-0.1, -0.05) is 12.1 Å². The molecule has 0 unspecified atom stereocenters. The van der Waals surface area contributed by atoms with E-state index in [1.54, 1.807) is 7.11 Å². The van der Waals surface area contributed by atoms with Crippen LogP contribution >= 0.6 is 0 Å². The van der Waals surface area contributed by atoms with Crippen LogP contribution in [0.5, 0.6) is 17.2 Å². The second kappa shape index (κ2) is 10.0. The molecule has 1 aromatic carbocycles. The summed E-state index contributed by atoms with van der Waals surface area (Å²) in [6.07, 6.45) is 3.62. The molecule has 3 rings (SSSR count). The number of benzene rings is 1. The van der Waals surface area contributed by atoms with E-state index < -0.39 is 5.91 Å². The maximum absolute atomic E-state index is 12.4. The number of hydrogen-bond acceptors (Lipinski definition) is 6. The molecule has 29 heavy (non-hydrogen) atoms. The Balaban J connectivity index is 1.61. The molecule has 1 aliphatic rings. The topological polar surface area (TPSA) is 87.0 Å². The zero-order valence-electron chi connectivity index (χ0n) is 16.8. The van der Waals surface area contributed by atoms with E-state index >= 15 is 0 Å². The molecule has 1 saturated heterocycles. The number of aromatic nitrogens is 1. The second-order valence-electron chi connectivity index (χ2n) is 6.86. The Kier molecular flexibility index (Phi) is 7.18. The number of carbonyl (C=O) groups is 1. The molecule has 0 aliphatic carbocycles. The van der Waals surface area contributed by atoms with Gasteiger partial charge >= 0.3 is 14.0 Å². The van der Waals surface area contributed by atoms with Gasteiger partial charge in [0.2, 0.25) is 11.9 Å². The second-order valence-corrected chi connectivity index (χ2v) is 6.86. The highest BCUT2D eigenvalue weighted by Crippen LogP contribution is 2.26. The highest BCUT2D eigenvalue weighted by molar-refractivity contribution is 6.00. The van der Waals surface area contributed by atoms with Crippen LogP contribution < -0.4 is 24.2 Å². The molecule has 8 nitrogen and oxygen atoms in total. The number of carbonyl (C=O) groups excluding carboxylic acids is 1. The van der Waals surface area contributed by atoms with Crippen LogP contribution in [0.3, 0.4) is 0 Å². The Morgan fingerprint density at radius 2 is 1.97 bits per heavy atom. The molecule has 0 radical (unpaired) electrons. The molecule has 154 valence electrons. The van der Waals surface area contributed by atoms with Crippen LogP contribution in [0.1, 0.15) is 28.9 Å². The third kappa shape index (κ3) is 5.54. The first-order valence-electron chi connectivity index (χ1n) is 9.68. The molecule has 0 atom stereocenters. The van der Waals surface area contributed by atoms with Crippen LogP contribution in [-0.2, 0) is 6.61 Å². The summed E-state index contributed by atoms with van der Waals surface area (Å²) in [5.41, 5.74) is 0.883. The van der Waals surface area contributed by atoms with E-state index in [1.165, 1.54) is 33.2 Å². The lowest BCUT2D eigenvalue weighted by molar-refractivity contribution is -0.608. The zero-order valence-corrected chi connectivity index (χ0v) is 16.8. The largest absolute Gasteiger partial charge is 0.618 e. The summed E-state index contributed by atoms with van der Waals surface area (Å²) >= 11 is 0. The van der Waals surface area contributed by atoms with Gasteiger partial charge in [-0.2, -0.15) is 4.73 Å². The van der Waals surface area contributed by atoms with Crippen LogP contribution in [0.15, 0.2) is 36.5 Å². The van der Waals surface area contributed by atoms with Gasteiger partial charge in [0.15, 0.2) is 5.75 Å². The number of hydrogen-bond donors (Lipinski definition) is 1. The van der Waals surface area contributed by atoms with Crippen molar-refractivity contribution < 1.29 is 23.7 Å². The number of nitrogens with one attached hydrogen (secondary N) is 1. The number of amides is 1. The predicted octanol–water partition coefficient (Wildman–Crippen LogP) is 0.660. The summed E-state index contributed by atoms with van der Waals surface area (Å²) in [7, 11) is 3.08. The Bertz CT molecular complexity index is 826. The molecular formula is C20H26BN3O5. The third-order valence-corrected chi connectivity index (χ3v) is 4.90. The molecule has 1 amide bonds. The summed E-state index contributed by atoms with van der Waals surface area (Å²) in [6.45, 7) is 3.65. The highest BCUT2D eigenvalue weighted by atomic mass is 16.5. The molecule has 1 N–H and O–H groups in total. The standard InChI is InChI=1S/C20H26BN3O5/c1-27-16-6-4-15(5-7-16)14-28-19-13-24(26)17(12-18(19)29-21)20(25)22-8-11-23-9-2-3-10-23/h4-7,12-13H,2-3,8-11,14,21H2,1H3,(H,22,25). The summed E-state index contributed by atoms with van der Waals surface area (Å²) in [5, 5.41) is 15.2. The van der Waals surface area contributed by atoms with E-state index in [9.17, 15) is 10.0 Å². The number of ether oxygens (including phenoxy) is 2. The van der Waals surface area contributed by atoms with Gasteiger partial charge in [-0.3, -0.25) is 4.79 Å². The predicted molar refractivity (Wildman–Crippen MR) is 110 cm³/mol. The molecule has 0 spiro atoms. The van der Waals surface area contributed by atoms with Gasteiger partial charge in [0.25, 0.3) is 5.69 Å². The molecule has 1 aromatic heterocycles. The van der Waals surface area contributed by atoms with E-state index in [0.29, 0.717) is 17.0 Å². The molecular weight excluding hydrogens is 373 g/mol. The fourth-order valence-corrected chi connectivity index (χ4v) is 3.24. The number of pyridine rings is 1. The molecule has 1 fully saturated rings. The SMILES string of the molecule is BOc1cc(C(=O)NCCN2CCCC2)[n+]([O-])cc1OCc1ccc(OC)cc1. The lowest BCUT2D eigenvalue weighted by atomic mass is 10.2. The lowest BCUT2D eigenvalue weighted by Gasteiger charge is -2.15. The first-order valence-corrected chi connectivity index (χ1v) is 9.68. The van der Waals surface area contributed by atoms with Gasteiger partial charge < -0.3 is 29.6 Å². The maximum atomic E-state index is 12.4. The van der Waals surface area contributed by atoms with Gasteiger partial charge in [0.1, 0.15) is 12.4 Å². The van der Waals surface area contributed by atoms with Crippen molar-refractivity contribution in [1.82, 2.24) is 10.2 Å². The molecule has 1 aliphatic heterocycles. The van der Waals surface area contributed by atoms with Crippen molar-refractivity contribution >= 4 is 14.0 Å². The fourth-order valence-electron chi connectivity index (χ4n) is 3.24. The van der Waals surface area contributed by atoms with Crippen molar-refractivity contribution in [3.05, 3.63) is 53.0 Å². The van der Waals surface area contributed by atoms with E-state index in [-0.39, 0.29) is 18.1 Å². The lowest BCUT2D eigenvalue weighted by Crippen LogP contribution is -2.41. The summed E-state index contributed by atoms with van der Waals surface area (Å²) < 4.78 is 16.7. The average Bonchev–Trinajstić information content (AvgIpc) is 3.26. The molecule has 2 aromatic rings.